The highest BCUT2D eigenvalue weighted by atomic mass is 35.5. The number of hydrogen-bond donors (Lipinski definition) is 1. The van der Waals surface area contributed by atoms with Gasteiger partial charge in [0.05, 0.1) is 22.9 Å². The summed E-state index contributed by atoms with van der Waals surface area (Å²) in [7, 11) is 0. The van der Waals surface area contributed by atoms with Crippen molar-refractivity contribution in [2.24, 2.45) is 5.73 Å². The molecule has 0 atom stereocenters. The molecule has 2 N–H and O–H groups in total. The molecule has 0 bridgehead atoms. The second-order valence-electron chi connectivity index (χ2n) is 2.58. The van der Waals surface area contributed by atoms with Crippen LogP contribution in [0.3, 0.4) is 0 Å². The van der Waals surface area contributed by atoms with Gasteiger partial charge in [-0.05, 0) is 13.0 Å². The Bertz CT molecular complexity index is 345. The van der Waals surface area contributed by atoms with Gasteiger partial charge in [-0.25, -0.2) is 4.79 Å². The summed E-state index contributed by atoms with van der Waals surface area (Å²) in [5.41, 5.74) is 6.30. The van der Waals surface area contributed by atoms with E-state index in [9.17, 15) is 4.79 Å². The minimum Gasteiger partial charge on any atom is -0.462 e. The lowest BCUT2D eigenvalue weighted by atomic mass is 10.2. The molecule has 0 amide bonds. The molecule has 1 aromatic rings. The molecule has 0 aliphatic rings. The molecule has 6 heteroatoms. The monoisotopic (exact) mass is 250 g/mol. The van der Waals surface area contributed by atoms with Crippen LogP contribution in [-0.2, 0) is 11.3 Å². The smallest absolute Gasteiger partial charge is 0.339 e. The van der Waals surface area contributed by atoms with E-state index in [0.29, 0.717) is 17.9 Å². The summed E-state index contributed by atoms with van der Waals surface area (Å²) in [5, 5.41) is 0.278. The first-order valence-electron chi connectivity index (χ1n) is 4.20. The molecule has 0 spiro atoms. The molecule has 0 aliphatic heterocycles. The van der Waals surface area contributed by atoms with Gasteiger partial charge in [-0.15, -0.1) is 12.4 Å². The van der Waals surface area contributed by atoms with Gasteiger partial charge in [0.25, 0.3) is 0 Å². The highest BCUT2D eigenvalue weighted by Gasteiger charge is 2.12. The van der Waals surface area contributed by atoms with Crippen LogP contribution in [0.25, 0.3) is 0 Å². The van der Waals surface area contributed by atoms with Crippen molar-refractivity contribution in [3.8, 4) is 0 Å². The second kappa shape index (κ2) is 6.61. The molecule has 84 valence electrons. The lowest BCUT2D eigenvalue weighted by Crippen LogP contribution is -2.08. The number of halogens is 2. The third-order valence-electron chi connectivity index (χ3n) is 1.62. The summed E-state index contributed by atoms with van der Waals surface area (Å²) >= 11 is 5.78. The Morgan fingerprint density at radius 2 is 2.33 bits per heavy atom. The second-order valence-corrected chi connectivity index (χ2v) is 2.99. The number of rotatable bonds is 3. The topological polar surface area (TPSA) is 65.2 Å². The maximum atomic E-state index is 11.4. The van der Waals surface area contributed by atoms with Crippen LogP contribution in [0.1, 0.15) is 23.0 Å². The Balaban J connectivity index is 0.00000196. The van der Waals surface area contributed by atoms with E-state index in [1.54, 1.807) is 13.0 Å². The normalized spacial score (nSPS) is 9.27. The Kier molecular flexibility index (Phi) is 6.24. The first-order chi connectivity index (χ1) is 6.69. The van der Waals surface area contributed by atoms with Gasteiger partial charge in [0.2, 0.25) is 0 Å². The average Bonchev–Trinajstić information content (AvgIpc) is 2.19. The van der Waals surface area contributed by atoms with Gasteiger partial charge in [-0.2, -0.15) is 0 Å². The number of nitrogens with zero attached hydrogens (tertiary/aromatic N) is 1. The van der Waals surface area contributed by atoms with Gasteiger partial charge < -0.3 is 10.5 Å². The van der Waals surface area contributed by atoms with Crippen molar-refractivity contribution in [2.75, 3.05) is 6.61 Å². The van der Waals surface area contributed by atoms with E-state index < -0.39 is 5.97 Å². The van der Waals surface area contributed by atoms with Crippen LogP contribution in [0, 0.1) is 0 Å². The van der Waals surface area contributed by atoms with Crippen LogP contribution >= 0.6 is 24.0 Å². The number of hydrogen-bond acceptors (Lipinski definition) is 4. The summed E-state index contributed by atoms with van der Waals surface area (Å²) in [6.45, 7) is 2.32. The molecule has 1 heterocycles. The first kappa shape index (κ1) is 14.2. The largest absolute Gasteiger partial charge is 0.462 e. The van der Waals surface area contributed by atoms with Crippen LogP contribution in [0.5, 0.6) is 0 Å². The van der Waals surface area contributed by atoms with Crippen LogP contribution in [0.15, 0.2) is 12.3 Å². The summed E-state index contributed by atoms with van der Waals surface area (Å²) in [6, 6.07) is 1.54. The van der Waals surface area contributed by atoms with Crippen LogP contribution in [-0.4, -0.2) is 17.6 Å². The Morgan fingerprint density at radius 3 is 2.87 bits per heavy atom. The molecule has 0 radical (unpaired) electrons. The number of esters is 1. The summed E-state index contributed by atoms with van der Waals surface area (Å²) in [4.78, 5) is 15.3. The number of pyridine rings is 1. The first-order valence-corrected chi connectivity index (χ1v) is 4.58. The molecular weight excluding hydrogens is 239 g/mol. The Morgan fingerprint density at radius 1 is 1.67 bits per heavy atom. The molecule has 0 saturated carbocycles. The lowest BCUT2D eigenvalue weighted by molar-refractivity contribution is 0.0526. The Hall–Kier alpha value is -0.840. The fourth-order valence-electron chi connectivity index (χ4n) is 0.959. The van der Waals surface area contributed by atoms with E-state index in [4.69, 9.17) is 22.1 Å². The fraction of sp³-hybridized carbons (Fsp3) is 0.333. The predicted molar refractivity (Wildman–Crippen MR) is 60.3 cm³/mol. The van der Waals surface area contributed by atoms with Gasteiger partial charge in [0, 0.05) is 12.7 Å². The minimum atomic E-state index is -0.449. The molecule has 1 aromatic heterocycles. The third kappa shape index (κ3) is 3.66. The van der Waals surface area contributed by atoms with Crippen molar-refractivity contribution in [2.45, 2.75) is 13.5 Å². The van der Waals surface area contributed by atoms with E-state index in [0.717, 1.165) is 0 Å². The van der Waals surface area contributed by atoms with Crippen LogP contribution < -0.4 is 5.73 Å². The molecule has 0 aliphatic carbocycles. The molecule has 0 saturated heterocycles. The van der Waals surface area contributed by atoms with Gasteiger partial charge in [-0.1, -0.05) is 11.6 Å². The SMILES string of the molecule is CCOC(=O)c1cc(CN)ncc1Cl.Cl. The molecule has 4 nitrogen and oxygen atoms in total. The van der Waals surface area contributed by atoms with Gasteiger partial charge in [0.15, 0.2) is 0 Å². The summed E-state index contributed by atoms with van der Waals surface area (Å²) in [5.74, 6) is -0.449. The number of aromatic nitrogens is 1. The maximum absolute atomic E-state index is 11.4. The summed E-state index contributed by atoms with van der Waals surface area (Å²) in [6.07, 6.45) is 1.40. The molecule has 15 heavy (non-hydrogen) atoms. The Labute approximate surface area is 99.2 Å². The molecule has 0 unspecified atom stereocenters. The van der Waals surface area contributed by atoms with Gasteiger partial charge >= 0.3 is 5.97 Å². The number of carbonyl (C=O) groups excluding carboxylic acids is 1. The number of nitrogens with two attached hydrogens (primary N) is 1. The van der Waals surface area contributed by atoms with E-state index in [-0.39, 0.29) is 24.0 Å². The zero-order valence-corrected chi connectivity index (χ0v) is 9.77. The van der Waals surface area contributed by atoms with Gasteiger partial charge in [0.1, 0.15) is 0 Å². The summed E-state index contributed by atoms with van der Waals surface area (Å²) < 4.78 is 4.82. The van der Waals surface area contributed by atoms with Crippen molar-refractivity contribution in [1.82, 2.24) is 4.98 Å². The zero-order chi connectivity index (χ0) is 10.6. The van der Waals surface area contributed by atoms with Crippen LogP contribution in [0.4, 0.5) is 0 Å². The number of carbonyl (C=O) groups is 1. The van der Waals surface area contributed by atoms with Crippen molar-refractivity contribution in [1.29, 1.82) is 0 Å². The van der Waals surface area contributed by atoms with E-state index in [1.165, 1.54) is 6.20 Å². The molecule has 0 fully saturated rings. The number of ether oxygens (including phenoxy) is 1. The fourth-order valence-corrected chi connectivity index (χ4v) is 1.14. The highest BCUT2D eigenvalue weighted by molar-refractivity contribution is 6.33. The molecular formula is C9H12Cl2N2O2. The van der Waals surface area contributed by atoms with Crippen molar-refractivity contribution in [3.05, 3.63) is 28.5 Å². The predicted octanol–water partition coefficient (Wildman–Crippen LogP) is 1.79. The maximum Gasteiger partial charge on any atom is 0.339 e. The molecule has 0 aromatic carbocycles. The van der Waals surface area contributed by atoms with E-state index in [1.807, 2.05) is 0 Å². The minimum absolute atomic E-state index is 0. The van der Waals surface area contributed by atoms with Gasteiger partial charge in [-0.3, -0.25) is 4.98 Å². The zero-order valence-electron chi connectivity index (χ0n) is 8.20. The van der Waals surface area contributed by atoms with E-state index in [2.05, 4.69) is 4.98 Å². The quantitative estimate of drug-likeness (QED) is 0.832. The van der Waals surface area contributed by atoms with Crippen LogP contribution in [0.2, 0.25) is 5.02 Å². The lowest BCUT2D eigenvalue weighted by Gasteiger charge is -2.04. The third-order valence-corrected chi connectivity index (χ3v) is 1.92. The van der Waals surface area contributed by atoms with Crippen molar-refractivity contribution < 1.29 is 9.53 Å². The standard InChI is InChI=1S/C9H11ClN2O2.ClH/c1-2-14-9(13)7-3-6(4-11)12-5-8(7)10;/h3,5H,2,4,11H2,1H3;1H. The van der Waals surface area contributed by atoms with Crippen molar-refractivity contribution >= 4 is 30.0 Å². The van der Waals surface area contributed by atoms with Crippen molar-refractivity contribution in [3.63, 3.8) is 0 Å². The van der Waals surface area contributed by atoms with E-state index >= 15 is 0 Å². The molecule has 1 rings (SSSR count). The average molecular weight is 251 g/mol. The highest BCUT2D eigenvalue weighted by Crippen LogP contribution is 2.16.